The summed E-state index contributed by atoms with van der Waals surface area (Å²) >= 11 is 0. The maximum absolute atomic E-state index is 12.0. The Hall–Kier alpha value is -1.83. The van der Waals surface area contributed by atoms with Crippen molar-refractivity contribution in [2.45, 2.75) is 19.4 Å². The summed E-state index contributed by atoms with van der Waals surface area (Å²) < 4.78 is 4.41. The van der Waals surface area contributed by atoms with E-state index in [-0.39, 0.29) is 6.42 Å². The molecule has 1 aliphatic rings. The lowest BCUT2D eigenvalue weighted by Crippen LogP contribution is -2.54. The lowest BCUT2D eigenvalue weighted by Gasteiger charge is -2.34. The second kappa shape index (κ2) is 7.68. The highest BCUT2D eigenvalue weighted by Crippen LogP contribution is 2.03. The minimum atomic E-state index is -1.26. The molecule has 1 fully saturated rings. The third-order valence-electron chi connectivity index (χ3n) is 3.30. The topological polar surface area (TPSA) is 99.2 Å². The summed E-state index contributed by atoms with van der Waals surface area (Å²) in [5.74, 6) is -1.93. The molecule has 1 heterocycles. The first-order chi connectivity index (χ1) is 9.47. The average molecular weight is 287 g/mol. The fourth-order valence-corrected chi connectivity index (χ4v) is 1.96. The summed E-state index contributed by atoms with van der Waals surface area (Å²) in [6.07, 6.45) is -0.382. The zero-order valence-electron chi connectivity index (χ0n) is 11.8. The fourth-order valence-electron chi connectivity index (χ4n) is 1.96. The molecular formula is C12H21N3O5. The lowest BCUT2D eigenvalue weighted by molar-refractivity contribution is -0.147. The van der Waals surface area contributed by atoms with Crippen LogP contribution in [0.25, 0.3) is 0 Å². The summed E-state index contributed by atoms with van der Waals surface area (Å²) in [6.45, 7) is 5.59. The number of piperazine rings is 1. The van der Waals surface area contributed by atoms with E-state index in [9.17, 15) is 14.4 Å². The van der Waals surface area contributed by atoms with Gasteiger partial charge in [0.25, 0.3) is 0 Å². The Kier molecular flexibility index (Phi) is 6.23. The molecule has 1 rings (SSSR count). The summed E-state index contributed by atoms with van der Waals surface area (Å²) in [5, 5.41) is 11.3. The molecule has 114 valence electrons. The number of hydrogen-bond donors (Lipinski definition) is 2. The molecule has 0 spiro atoms. The van der Waals surface area contributed by atoms with Gasteiger partial charge in [0, 0.05) is 26.2 Å². The SMILES string of the molecule is CCN1CCN(C(=O)N[C@@H](CC(=O)OC)C(=O)O)CC1. The number of nitrogens with zero attached hydrogens (tertiary/aromatic N) is 2. The number of carboxylic acid groups (broad SMARTS) is 1. The molecule has 1 saturated heterocycles. The molecule has 0 saturated carbocycles. The van der Waals surface area contributed by atoms with Crippen LogP contribution in [0.3, 0.4) is 0 Å². The van der Waals surface area contributed by atoms with Gasteiger partial charge in [0.2, 0.25) is 0 Å². The van der Waals surface area contributed by atoms with Crippen LogP contribution in [-0.4, -0.2) is 78.8 Å². The summed E-state index contributed by atoms with van der Waals surface area (Å²) in [5.41, 5.74) is 0. The van der Waals surface area contributed by atoms with Gasteiger partial charge in [0.1, 0.15) is 6.04 Å². The molecule has 0 unspecified atom stereocenters. The molecule has 20 heavy (non-hydrogen) atoms. The quantitative estimate of drug-likeness (QED) is 0.652. The van der Waals surface area contributed by atoms with Crippen molar-refractivity contribution in [3.05, 3.63) is 0 Å². The number of urea groups is 1. The van der Waals surface area contributed by atoms with Crippen molar-refractivity contribution in [3.63, 3.8) is 0 Å². The fraction of sp³-hybridized carbons (Fsp3) is 0.750. The maximum atomic E-state index is 12.0. The van der Waals surface area contributed by atoms with Crippen LogP contribution in [-0.2, 0) is 14.3 Å². The maximum Gasteiger partial charge on any atom is 0.326 e. The molecule has 0 bridgehead atoms. The zero-order chi connectivity index (χ0) is 15.1. The van der Waals surface area contributed by atoms with E-state index in [2.05, 4.69) is 15.0 Å². The summed E-state index contributed by atoms with van der Waals surface area (Å²) in [7, 11) is 1.17. The van der Waals surface area contributed by atoms with E-state index in [0.29, 0.717) is 13.1 Å². The van der Waals surface area contributed by atoms with Gasteiger partial charge in [-0.15, -0.1) is 0 Å². The van der Waals surface area contributed by atoms with Crippen molar-refractivity contribution in [1.82, 2.24) is 15.1 Å². The standard InChI is InChI=1S/C12H21N3O5/c1-3-14-4-6-15(7-5-14)12(19)13-9(11(17)18)8-10(16)20-2/h9H,3-8H2,1-2H3,(H,13,19)(H,17,18)/t9-/m0/s1. The Balaban J connectivity index is 2.50. The number of hydrogen-bond acceptors (Lipinski definition) is 5. The van der Waals surface area contributed by atoms with Crippen molar-refractivity contribution < 1.29 is 24.2 Å². The zero-order valence-corrected chi connectivity index (χ0v) is 11.8. The Labute approximate surface area is 117 Å². The van der Waals surface area contributed by atoms with Gasteiger partial charge in [-0.3, -0.25) is 4.79 Å². The largest absolute Gasteiger partial charge is 0.480 e. The molecule has 2 N–H and O–H groups in total. The van der Waals surface area contributed by atoms with E-state index >= 15 is 0 Å². The Bertz CT molecular complexity index is 366. The lowest BCUT2D eigenvalue weighted by atomic mass is 10.2. The Morgan fingerprint density at radius 1 is 1.25 bits per heavy atom. The van der Waals surface area contributed by atoms with E-state index in [4.69, 9.17) is 5.11 Å². The van der Waals surface area contributed by atoms with Crippen LogP contribution < -0.4 is 5.32 Å². The highest BCUT2D eigenvalue weighted by atomic mass is 16.5. The van der Waals surface area contributed by atoms with Crippen LogP contribution in [0.5, 0.6) is 0 Å². The first kappa shape index (κ1) is 16.2. The molecule has 1 atom stereocenters. The monoisotopic (exact) mass is 287 g/mol. The number of likely N-dealkylation sites (N-methyl/N-ethyl adjacent to an activating group) is 1. The number of rotatable bonds is 5. The number of carbonyl (C=O) groups is 3. The second-order valence-electron chi connectivity index (χ2n) is 4.54. The molecule has 0 aromatic heterocycles. The molecule has 1 aliphatic heterocycles. The van der Waals surface area contributed by atoms with Gasteiger partial charge in [-0.25, -0.2) is 9.59 Å². The smallest absolute Gasteiger partial charge is 0.326 e. The van der Waals surface area contributed by atoms with E-state index in [1.807, 2.05) is 6.92 Å². The molecule has 0 aromatic carbocycles. The van der Waals surface area contributed by atoms with E-state index in [0.717, 1.165) is 19.6 Å². The molecule has 2 amide bonds. The number of carboxylic acids is 1. The third-order valence-corrected chi connectivity index (χ3v) is 3.30. The van der Waals surface area contributed by atoms with E-state index in [1.165, 1.54) is 7.11 Å². The number of ether oxygens (including phenoxy) is 1. The Morgan fingerprint density at radius 3 is 2.30 bits per heavy atom. The van der Waals surface area contributed by atoms with Crippen molar-refractivity contribution >= 4 is 18.0 Å². The van der Waals surface area contributed by atoms with Crippen molar-refractivity contribution in [2.24, 2.45) is 0 Å². The van der Waals surface area contributed by atoms with Crippen molar-refractivity contribution in [2.75, 3.05) is 39.8 Å². The van der Waals surface area contributed by atoms with Gasteiger partial charge in [0.05, 0.1) is 13.5 Å². The molecule has 0 radical (unpaired) electrons. The minimum Gasteiger partial charge on any atom is -0.480 e. The van der Waals surface area contributed by atoms with Crippen LogP contribution in [0.1, 0.15) is 13.3 Å². The highest BCUT2D eigenvalue weighted by Gasteiger charge is 2.27. The third kappa shape index (κ3) is 4.69. The molecular weight excluding hydrogens is 266 g/mol. The van der Waals surface area contributed by atoms with E-state index < -0.39 is 24.0 Å². The van der Waals surface area contributed by atoms with Gasteiger partial charge in [-0.1, -0.05) is 6.92 Å². The first-order valence-corrected chi connectivity index (χ1v) is 6.55. The predicted octanol–water partition coefficient (Wildman–Crippen LogP) is -0.650. The molecule has 0 aliphatic carbocycles. The first-order valence-electron chi connectivity index (χ1n) is 6.55. The number of nitrogens with one attached hydrogen (secondary N) is 1. The van der Waals surface area contributed by atoms with Crippen LogP contribution in [0, 0.1) is 0 Å². The van der Waals surface area contributed by atoms with Gasteiger partial charge >= 0.3 is 18.0 Å². The molecule has 8 heteroatoms. The van der Waals surface area contributed by atoms with Crippen molar-refractivity contribution in [3.8, 4) is 0 Å². The minimum absolute atomic E-state index is 0.382. The highest BCUT2D eigenvalue weighted by molar-refractivity contribution is 5.86. The van der Waals surface area contributed by atoms with Gasteiger partial charge in [-0.05, 0) is 6.54 Å². The van der Waals surface area contributed by atoms with E-state index in [1.54, 1.807) is 4.90 Å². The van der Waals surface area contributed by atoms with Gasteiger partial charge in [0.15, 0.2) is 0 Å². The molecule has 0 aromatic rings. The Morgan fingerprint density at radius 2 is 1.85 bits per heavy atom. The van der Waals surface area contributed by atoms with Crippen LogP contribution >= 0.6 is 0 Å². The van der Waals surface area contributed by atoms with Gasteiger partial charge in [-0.2, -0.15) is 0 Å². The number of amides is 2. The van der Waals surface area contributed by atoms with Gasteiger partial charge < -0.3 is 25.0 Å². The van der Waals surface area contributed by atoms with Crippen LogP contribution in [0.15, 0.2) is 0 Å². The van der Waals surface area contributed by atoms with Crippen LogP contribution in [0.2, 0.25) is 0 Å². The number of esters is 1. The summed E-state index contributed by atoms with van der Waals surface area (Å²) in [4.78, 5) is 37.8. The van der Waals surface area contributed by atoms with Crippen LogP contribution in [0.4, 0.5) is 4.79 Å². The second-order valence-corrected chi connectivity index (χ2v) is 4.54. The number of carbonyl (C=O) groups excluding carboxylic acids is 2. The van der Waals surface area contributed by atoms with Crippen molar-refractivity contribution in [1.29, 1.82) is 0 Å². The number of aliphatic carboxylic acids is 1. The normalized spacial score (nSPS) is 17.4. The number of methoxy groups -OCH3 is 1. The molecule has 8 nitrogen and oxygen atoms in total. The predicted molar refractivity (Wildman–Crippen MR) is 70.3 cm³/mol. The average Bonchev–Trinajstić information content (AvgIpc) is 2.46. The summed E-state index contributed by atoms with van der Waals surface area (Å²) in [6, 6.07) is -1.73.